The van der Waals surface area contributed by atoms with E-state index in [1.54, 1.807) is 0 Å². The second-order valence-corrected chi connectivity index (χ2v) is 3.76. The molecule has 1 aromatic heterocycles. The first-order chi connectivity index (χ1) is 6.92. The second-order valence-electron chi connectivity index (χ2n) is 3.76. The number of hydrogen-bond donors (Lipinski definition) is 3. The van der Waals surface area contributed by atoms with Crippen molar-refractivity contribution in [3.05, 3.63) is 17.0 Å². The van der Waals surface area contributed by atoms with Gasteiger partial charge in [-0.3, -0.25) is 5.10 Å². The topological polar surface area (TPSA) is 52.7 Å². The molecule has 0 fully saturated rings. The molecule has 0 unspecified atom stereocenters. The molecule has 0 radical (unpaired) electrons. The van der Waals surface area contributed by atoms with E-state index in [0.29, 0.717) is 0 Å². The number of hydrogen-bond acceptors (Lipinski definition) is 3. The normalized spacial score (nSPS) is 14.6. The third-order valence-electron chi connectivity index (χ3n) is 2.74. The number of nitrogens with one attached hydrogen (secondary N) is 3. The molecule has 14 heavy (non-hydrogen) atoms. The van der Waals surface area contributed by atoms with Crippen LogP contribution < -0.4 is 10.6 Å². The van der Waals surface area contributed by atoms with Crippen LogP contribution in [0.15, 0.2) is 0 Å². The van der Waals surface area contributed by atoms with Gasteiger partial charge in [0.2, 0.25) is 0 Å². The van der Waals surface area contributed by atoms with Gasteiger partial charge in [0.1, 0.15) is 0 Å². The Labute approximate surface area is 84.5 Å². The molecule has 4 nitrogen and oxygen atoms in total. The van der Waals surface area contributed by atoms with E-state index in [1.165, 1.54) is 36.2 Å². The van der Waals surface area contributed by atoms with E-state index < -0.39 is 0 Å². The van der Waals surface area contributed by atoms with Crippen molar-refractivity contribution < 1.29 is 0 Å². The first-order valence-electron chi connectivity index (χ1n) is 5.32. The first-order valence-corrected chi connectivity index (χ1v) is 5.32. The van der Waals surface area contributed by atoms with Crippen molar-refractivity contribution in [1.29, 1.82) is 0 Å². The highest BCUT2D eigenvalue weighted by molar-refractivity contribution is 5.29. The van der Waals surface area contributed by atoms with Gasteiger partial charge in [0, 0.05) is 25.3 Å². The highest BCUT2D eigenvalue weighted by atomic mass is 15.1. The maximum absolute atomic E-state index is 4.33. The number of nitrogens with zero attached hydrogens (tertiary/aromatic N) is 1. The van der Waals surface area contributed by atoms with Crippen LogP contribution in [-0.4, -0.2) is 30.3 Å². The molecule has 0 amide bonds. The number of fused-ring (bicyclic) bond motifs is 1. The van der Waals surface area contributed by atoms with Crippen LogP contribution in [0, 0.1) is 0 Å². The molecule has 1 aromatic rings. The fraction of sp³-hybridized carbons (Fsp3) is 0.700. The van der Waals surface area contributed by atoms with Gasteiger partial charge >= 0.3 is 0 Å². The number of likely N-dealkylation sites (N-methyl/N-ethyl adjacent to an activating group) is 1. The van der Waals surface area contributed by atoms with Gasteiger partial charge < -0.3 is 10.6 Å². The van der Waals surface area contributed by atoms with Crippen molar-refractivity contribution in [2.75, 3.05) is 20.1 Å². The van der Waals surface area contributed by atoms with Crippen LogP contribution in [0.1, 0.15) is 23.4 Å². The zero-order chi connectivity index (χ0) is 9.80. The number of aromatic amines is 1. The quantitative estimate of drug-likeness (QED) is 0.587. The third kappa shape index (κ3) is 1.96. The van der Waals surface area contributed by atoms with Gasteiger partial charge in [-0.2, -0.15) is 5.10 Å². The minimum absolute atomic E-state index is 0.896. The molecule has 0 saturated heterocycles. The number of aryl methyl sites for hydroxylation is 1. The SMILES string of the molecule is CNCCNCc1n[nH]c2c1CCC2. The van der Waals surface area contributed by atoms with Gasteiger partial charge in [-0.25, -0.2) is 0 Å². The summed E-state index contributed by atoms with van der Waals surface area (Å²) in [6.07, 6.45) is 3.67. The summed E-state index contributed by atoms with van der Waals surface area (Å²) >= 11 is 0. The van der Waals surface area contributed by atoms with Gasteiger partial charge in [0.25, 0.3) is 0 Å². The minimum atomic E-state index is 0.896. The molecule has 1 heterocycles. The van der Waals surface area contributed by atoms with Crippen molar-refractivity contribution in [3.63, 3.8) is 0 Å². The highest BCUT2D eigenvalue weighted by Gasteiger charge is 2.17. The summed E-state index contributed by atoms with van der Waals surface area (Å²) in [5, 5.41) is 13.9. The van der Waals surface area contributed by atoms with Crippen LogP contribution in [0.5, 0.6) is 0 Å². The zero-order valence-corrected chi connectivity index (χ0v) is 8.69. The summed E-state index contributed by atoms with van der Waals surface area (Å²) < 4.78 is 0. The van der Waals surface area contributed by atoms with E-state index in [0.717, 1.165) is 19.6 Å². The predicted octanol–water partition coefficient (Wildman–Crippen LogP) is 0.207. The maximum Gasteiger partial charge on any atom is 0.0794 e. The van der Waals surface area contributed by atoms with E-state index in [-0.39, 0.29) is 0 Å². The standard InChI is InChI=1S/C10H18N4/c1-11-5-6-12-7-10-8-3-2-4-9(8)13-14-10/h11-12H,2-7H2,1H3,(H,13,14). The first kappa shape index (κ1) is 9.68. The Kier molecular flexibility index (Phi) is 3.16. The summed E-state index contributed by atoms with van der Waals surface area (Å²) in [6, 6.07) is 0. The Morgan fingerprint density at radius 2 is 2.29 bits per heavy atom. The van der Waals surface area contributed by atoms with Crippen molar-refractivity contribution >= 4 is 0 Å². The summed E-state index contributed by atoms with van der Waals surface area (Å²) in [5.74, 6) is 0. The molecule has 78 valence electrons. The molecule has 0 spiro atoms. The fourth-order valence-electron chi connectivity index (χ4n) is 1.95. The van der Waals surface area contributed by atoms with Gasteiger partial charge in [-0.1, -0.05) is 0 Å². The molecule has 0 atom stereocenters. The number of H-pyrrole nitrogens is 1. The molecule has 4 heteroatoms. The Hall–Kier alpha value is -0.870. The summed E-state index contributed by atoms with van der Waals surface area (Å²) in [6.45, 7) is 2.90. The van der Waals surface area contributed by atoms with Crippen molar-refractivity contribution in [2.24, 2.45) is 0 Å². The molecular weight excluding hydrogens is 176 g/mol. The molecular formula is C10H18N4. The molecule has 0 aromatic carbocycles. The molecule has 0 saturated carbocycles. The van der Waals surface area contributed by atoms with E-state index in [2.05, 4.69) is 20.8 Å². The molecule has 0 bridgehead atoms. The van der Waals surface area contributed by atoms with E-state index >= 15 is 0 Å². The summed E-state index contributed by atoms with van der Waals surface area (Å²) in [7, 11) is 1.97. The molecule has 1 aliphatic carbocycles. The lowest BCUT2D eigenvalue weighted by atomic mass is 10.2. The lowest BCUT2D eigenvalue weighted by Gasteiger charge is -2.02. The molecule has 3 N–H and O–H groups in total. The number of aromatic nitrogens is 2. The van der Waals surface area contributed by atoms with Gasteiger partial charge in [-0.05, 0) is 31.9 Å². The Balaban J connectivity index is 1.84. The minimum Gasteiger partial charge on any atom is -0.318 e. The Bertz CT molecular complexity index is 292. The third-order valence-corrected chi connectivity index (χ3v) is 2.74. The number of rotatable bonds is 5. The largest absolute Gasteiger partial charge is 0.318 e. The molecule has 1 aliphatic rings. The van der Waals surface area contributed by atoms with E-state index in [4.69, 9.17) is 0 Å². The van der Waals surface area contributed by atoms with Crippen LogP contribution in [0.25, 0.3) is 0 Å². The average Bonchev–Trinajstić information content (AvgIpc) is 2.75. The van der Waals surface area contributed by atoms with E-state index in [9.17, 15) is 0 Å². The fourth-order valence-corrected chi connectivity index (χ4v) is 1.95. The average molecular weight is 194 g/mol. The summed E-state index contributed by atoms with van der Waals surface area (Å²) in [5.41, 5.74) is 4.03. The Morgan fingerprint density at radius 3 is 3.14 bits per heavy atom. The Morgan fingerprint density at radius 1 is 1.36 bits per heavy atom. The van der Waals surface area contributed by atoms with E-state index in [1.807, 2.05) is 7.05 Å². The highest BCUT2D eigenvalue weighted by Crippen LogP contribution is 2.22. The van der Waals surface area contributed by atoms with Crippen molar-refractivity contribution in [2.45, 2.75) is 25.8 Å². The lowest BCUT2D eigenvalue weighted by Crippen LogP contribution is -2.24. The molecule has 2 rings (SSSR count). The summed E-state index contributed by atoms with van der Waals surface area (Å²) in [4.78, 5) is 0. The zero-order valence-electron chi connectivity index (χ0n) is 8.69. The maximum atomic E-state index is 4.33. The van der Waals surface area contributed by atoms with Crippen LogP contribution in [0.3, 0.4) is 0 Å². The van der Waals surface area contributed by atoms with Gasteiger partial charge in [0.15, 0.2) is 0 Å². The van der Waals surface area contributed by atoms with Crippen LogP contribution in [0.2, 0.25) is 0 Å². The van der Waals surface area contributed by atoms with Crippen molar-refractivity contribution in [1.82, 2.24) is 20.8 Å². The van der Waals surface area contributed by atoms with Crippen LogP contribution in [-0.2, 0) is 19.4 Å². The smallest absolute Gasteiger partial charge is 0.0794 e. The van der Waals surface area contributed by atoms with Crippen LogP contribution >= 0.6 is 0 Å². The second kappa shape index (κ2) is 4.57. The predicted molar refractivity (Wildman–Crippen MR) is 56.2 cm³/mol. The monoisotopic (exact) mass is 194 g/mol. The van der Waals surface area contributed by atoms with Gasteiger partial charge in [-0.15, -0.1) is 0 Å². The van der Waals surface area contributed by atoms with Gasteiger partial charge in [0.05, 0.1) is 5.69 Å². The van der Waals surface area contributed by atoms with Crippen molar-refractivity contribution in [3.8, 4) is 0 Å². The van der Waals surface area contributed by atoms with Crippen LogP contribution in [0.4, 0.5) is 0 Å². The molecule has 0 aliphatic heterocycles. The lowest BCUT2D eigenvalue weighted by molar-refractivity contribution is 0.637.